The van der Waals surface area contributed by atoms with E-state index < -0.39 is 28.7 Å². The SMILES string of the molecule is N#Cc1ccc(CS(=O)(=O)N2CCCC(C(F)(F)F)C2)cc1. The summed E-state index contributed by atoms with van der Waals surface area (Å²) in [6, 6.07) is 7.89. The lowest BCUT2D eigenvalue weighted by molar-refractivity contribution is -0.182. The zero-order valence-corrected chi connectivity index (χ0v) is 12.5. The summed E-state index contributed by atoms with van der Waals surface area (Å²) in [6.07, 6.45) is -4.20. The van der Waals surface area contributed by atoms with Crippen LogP contribution in [0.4, 0.5) is 13.2 Å². The number of nitrogens with zero attached hydrogens (tertiary/aromatic N) is 2. The van der Waals surface area contributed by atoms with Crippen molar-refractivity contribution in [2.24, 2.45) is 5.92 Å². The molecular weight excluding hydrogens is 317 g/mol. The quantitative estimate of drug-likeness (QED) is 0.855. The molecule has 0 bridgehead atoms. The fraction of sp³-hybridized carbons (Fsp3) is 0.500. The first kappa shape index (κ1) is 16.8. The average Bonchev–Trinajstić information content (AvgIpc) is 2.47. The van der Waals surface area contributed by atoms with E-state index in [9.17, 15) is 21.6 Å². The molecule has 0 spiro atoms. The number of piperidine rings is 1. The fourth-order valence-corrected chi connectivity index (χ4v) is 4.05. The maximum absolute atomic E-state index is 12.8. The minimum absolute atomic E-state index is 0.0353. The third-order valence-electron chi connectivity index (χ3n) is 3.67. The van der Waals surface area contributed by atoms with Gasteiger partial charge in [-0.1, -0.05) is 12.1 Å². The molecule has 0 saturated carbocycles. The molecular formula is C14H15F3N2O2S. The first-order valence-electron chi connectivity index (χ1n) is 6.76. The van der Waals surface area contributed by atoms with Crippen LogP contribution < -0.4 is 0 Å². The molecule has 2 rings (SSSR count). The Morgan fingerprint density at radius 1 is 1.27 bits per heavy atom. The summed E-state index contributed by atoms with van der Waals surface area (Å²) in [5, 5.41) is 8.69. The van der Waals surface area contributed by atoms with E-state index >= 15 is 0 Å². The Labute approximate surface area is 127 Å². The minimum Gasteiger partial charge on any atom is -0.212 e. The van der Waals surface area contributed by atoms with Gasteiger partial charge in [0.05, 0.1) is 23.3 Å². The molecule has 0 radical (unpaired) electrons. The Bertz CT molecular complexity index is 663. The zero-order valence-electron chi connectivity index (χ0n) is 11.7. The number of sulfonamides is 1. The maximum atomic E-state index is 12.8. The van der Waals surface area contributed by atoms with Gasteiger partial charge in [-0.25, -0.2) is 12.7 Å². The summed E-state index contributed by atoms with van der Waals surface area (Å²) < 4.78 is 63.8. The second-order valence-corrected chi connectivity index (χ2v) is 7.27. The monoisotopic (exact) mass is 332 g/mol. The summed E-state index contributed by atoms with van der Waals surface area (Å²) >= 11 is 0. The van der Waals surface area contributed by atoms with Crippen molar-refractivity contribution >= 4 is 10.0 Å². The van der Waals surface area contributed by atoms with Crippen LogP contribution in [0.25, 0.3) is 0 Å². The molecule has 1 unspecified atom stereocenters. The molecule has 1 atom stereocenters. The van der Waals surface area contributed by atoms with Crippen molar-refractivity contribution in [3.05, 3.63) is 35.4 Å². The highest BCUT2D eigenvalue weighted by Gasteiger charge is 2.43. The molecule has 0 aliphatic carbocycles. The van der Waals surface area contributed by atoms with Gasteiger partial charge in [-0.2, -0.15) is 18.4 Å². The van der Waals surface area contributed by atoms with Crippen LogP contribution in [0.1, 0.15) is 24.0 Å². The normalized spacial score (nSPS) is 20.5. The largest absolute Gasteiger partial charge is 0.393 e. The molecule has 1 aliphatic rings. The number of nitriles is 1. The predicted octanol–water partition coefficient (Wildman–Crippen LogP) is 2.66. The standard InChI is InChI=1S/C14H15F3N2O2S/c15-14(16,17)13-2-1-7-19(9-13)22(20,21)10-12-5-3-11(8-18)4-6-12/h3-6,13H,1-2,7,9-10H2. The molecule has 1 aliphatic heterocycles. The van der Waals surface area contributed by atoms with Crippen LogP contribution in [0.2, 0.25) is 0 Å². The van der Waals surface area contributed by atoms with Gasteiger partial charge in [-0.05, 0) is 30.5 Å². The van der Waals surface area contributed by atoms with Crippen molar-refractivity contribution in [3.8, 4) is 6.07 Å². The molecule has 1 saturated heterocycles. The Balaban J connectivity index is 2.10. The average molecular weight is 332 g/mol. The Hall–Kier alpha value is -1.59. The lowest BCUT2D eigenvalue weighted by atomic mass is 9.99. The van der Waals surface area contributed by atoms with E-state index in [1.807, 2.05) is 6.07 Å². The number of rotatable bonds is 3. The molecule has 8 heteroatoms. The first-order chi connectivity index (χ1) is 10.2. The van der Waals surface area contributed by atoms with Crippen LogP contribution in [0.15, 0.2) is 24.3 Å². The van der Waals surface area contributed by atoms with E-state index in [1.165, 1.54) is 24.3 Å². The summed E-state index contributed by atoms with van der Waals surface area (Å²) in [4.78, 5) is 0. The number of hydrogen-bond acceptors (Lipinski definition) is 3. The molecule has 1 aromatic carbocycles. The summed E-state index contributed by atoms with van der Waals surface area (Å²) in [6.45, 7) is -0.396. The second kappa shape index (κ2) is 6.26. The highest BCUT2D eigenvalue weighted by molar-refractivity contribution is 7.88. The van der Waals surface area contributed by atoms with E-state index in [4.69, 9.17) is 5.26 Å². The summed E-state index contributed by atoms with van der Waals surface area (Å²) in [5.41, 5.74) is 0.851. The first-order valence-corrected chi connectivity index (χ1v) is 8.37. The molecule has 1 fully saturated rings. The van der Waals surface area contributed by atoms with Crippen LogP contribution in [-0.4, -0.2) is 32.0 Å². The van der Waals surface area contributed by atoms with Gasteiger partial charge in [0, 0.05) is 13.1 Å². The van der Waals surface area contributed by atoms with Crippen LogP contribution in [0.3, 0.4) is 0 Å². The third kappa shape index (κ3) is 3.99. The van der Waals surface area contributed by atoms with Gasteiger partial charge < -0.3 is 0 Å². The predicted molar refractivity (Wildman–Crippen MR) is 74.1 cm³/mol. The van der Waals surface area contributed by atoms with E-state index in [2.05, 4.69) is 0 Å². The van der Waals surface area contributed by atoms with Crippen molar-refractivity contribution in [1.29, 1.82) is 5.26 Å². The Morgan fingerprint density at radius 2 is 1.91 bits per heavy atom. The topological polar surface area (TPSA) is 61.2 Å². The molecule has 0 N–H and O–H groups in total. The van der Waals surface area contributed by atoms with Gasteiger partial charge in [-0.3, -0.25) is 0 Å². The zero-order chi connectivity index (χ0) is 16.4. The molecule has 1 aromatic rings. The molecule has 0 aromatic heterocycles. The fourth-order valence-electron chi connectivity index (χ4n) is 2.44. The van der Waals surface area contributed by atoms with Crippen molar-refractivity contribution in [3.63, 3.8) is 0 Å². The van der Waals surface area contributed by atoms with Gasteiger partial charge >= 0.3 is 6.18 Å². The van der Waals surface area contributed by atoms with Gasteiger partial charge in [0.1, 0.15) is 0 Å². The van der Waals surface area contributed by atoms with E-state index in [0.717, 1.165) is 4.31 Å². The number of hydrogen-bond donors (Lipinski definition) is 0. The van der Waals surface area contributed by atoms with Crippen molar-refractivity contribution < 1.29 is 21.6 Å². The number of benzene rings is 1. The third-order valence-corrected chi connectivity index (χ3v) is 5.49. The van der Waals surface area contributed by atoms with Crippen LogP contribution >= 0.6 is 0 Å². The van der Waals surface area contributed by atoms with E-state index in [-0.39, 0.29) is 25.1 Å². The van der Waals surface area contributed by atoms with Crippen LogP contribution in [0, 0.1) is 17.2 Å². The van der Waals surface area contributed by atoms with Crippen LogP contribution in [0.5, 0.6) is 0 Å². The Morgan fingerprint density at radius 3 is 2.45 bits per heavy atom. The molecule has 1 heterocycles. The second-order valence-electron chi connectivity index (χ2n) is 5.30. The molecule has 120 valence electrons. The van der Waals surface area contributed by atoms with E-state index in [0.29, 0.717) is 11.1 Å². The molecule has 4 nitrogen and oxygen atoms in total. The van der Waals surface area contributed by atoms with Gasteiger partial charge in [0.25, 0.3) is 0 Å². The lowest BCUT2D eigenvalue weighted by Gasteiger charge is -2.32. The van der Waals surface area contributed by atoms with E-state index in [1.54, 1.807) is 0 Å². The summed E-state index contributed by atoms with van der Waals surface area (Å²) in [7, 11) is -3.80. The molecule has 0 amide bonds. The highest BCUT2D eigenvalue weighted by Crippen LogP contribution is 2.34. The molecule has 22 heavy (non-hydrogen) atoms. The minimum atomic E-state index is -4.37. The summed E-state index contributed by atoms with van der Waals surface area (Å²) in [5.74, 6) is -1.96. The highest BCUT2D eigenvalue weighted by atomic mass is 32.2. The number of halogens is 3. The number of alkyl halides is 3. The van der Waals surface area contributed by atoms with Gasteiger partial charge in [0.15, 0.2) is 0 Å². The van der Waals surface area contributed by atoms with Gasteiger partial charge in [0.2, 0.25) is 10.0 Å². The van der Waals surface area contributed by atoms with Crippen molar-refractivity contribution in [2.75, 3.05) is 13.1 Å². The lowest BCUT2D eigenvalue weighted by Crippen LogP contribution is -2.44. The maximum Gasteiger partial charge on any atom is 0.393 e. The Kier molecular flexibility index (Phi) is 4.78. The van der Waals surface area contributed by atoms with Crippen LogP contribution in [-0.2, 0) is 15.8 Å². The van der Waals surface area contributed by atoms with Crippen molar-refractivity contribution in [1.82, 2.24) is 4.31 Å². The smallest absolute Gasteiger partial charge is 0.212 e. The van der Waals surface area contributed by atoms with Crippen molar-refractivity contribution in [2.45, 2.75) is 24.8 Å². The van der Waals surface area contributed by atoms with Gasteiger partial charge in [-0.15, -0.1) is 0 Å².